The number of para-hydroxylation sites is 1. The van der Waals surface area contributed by atoms with E-state index in [1.807, 2.05) is 60.7 Å². The van der Waals surface area contributed by atoms with Gasteiger partial charge in [-0.15, -0.1) is 0 Å². The SMILES string of the molecule is COc1ccccc1C(=O)NCC1(c2ccccc2)CCC(NC(=O)Cc2ccccc2)CC1. The van der Waals surface area contributed by atoms with E-state index >= 15 is 0 Å². The zero-order chi connectivity index (χ0) is 23.8. The van der Waals surface area contributed by atoms with Crippen LogP contribution in [0.1, 0.15) is 47.2 Å². The summed E-state index contributed by atoms with van der Waals surface area (Å²) in [7, 11) is 1.57. The molecule has 176 valence electrons. The monoisotopic (exact) mass is 456 g/mol. The molecule has 0 bridgehead atoms. The van der Waals surface area contributed by atoms with Crippen molar-refractivity contribution in [2.45, 2.75) is 43.6 Å². The molecule has 0 saturated heterocycles. The number of carbonyl (C=O) groups is 2. The van der Waals surface area contributed by atoms with E-state index in [-0.39, 0.29) is 23.3 Å². The maximum Gasteiger partial charge on any atom is 0.255 e. The molecule has 0 aliphatic heterocycles. The minimum absolute atomic E-state index is 0.0629. The number of rotatable bonds is 8. The summed E-state index contributed by atoms with van der Waals surface area (Å²) < 4.78 is 5.36. The van der Waals surface area contributed by atoms with Crippen molar-refractivity contribution >= 4 is 11.8 Å². The number of hydrogen-bond donors (Lipinski definition) is 2. The van der Waals surface area contributed by atoms with Crippen LogP contribution in [0.15, 0.2) is 84.9 Å². The quantitative estimate of drug-likeness (QED) is 0.518. The predicted molar refractivity (Wildman–Crippen MR) is 134 cm³/mol. The lowest BCUT2D eigenvalue weighted by Crippen LogP contribution is -2.47. The van der Waals surface area contributed by atoms with Crippen molar-refractivity contribution < 1.29 is 14.3 Å². The Labute approximate surface area is 201 Å². The predicted octanol–water partition coefficient (Wildman–Crippen LogP) is 4.66. The van der Waals surface area contributed by atoms with Crippen molar-refractivity contribution in [3.8, 4) is 5.75 Å². The molecule has 1 aliphatic rings. The van der Waals surface area contributed by atoms with Gasteiger partial charge in [0.25, 0.3) is 5.91 Å². The minimum Gasteiger partial charge on any atom is -0.496 e. The van der Waals surface area contributed by atoms with Crippen molar-refractivity contribution in [1.29, 1.82) is 0 Å². The van der Waals surface area contributed by atoms with Gasteiger partial charge in [-0.3, -0.25) is 9.59 Å². The maximum atomic E-state index is 13.0. The van der Waals surface area contributed by atoms with Crippen LogP contribution in [0.4, 0.5) is 0 Å². The lowest BCUT2D eigenvalue weighted by Gasteiger charge is -2.41. The van der Waals surface area contributed by atoms with E-state index in [1.54, 1.807) is 19.2 Å². The van der Waals surface area contributed by atoms with Gasteiger partial charge in [0.05, 0.1) is 19.1 Å². The molecule has 5 heteroatoms. The Morgan fingerprint density at radius 1 is 0.882 bits per heavy atom. The second-order valence-corrected chi connectivity index (χ2v) is 9.03. The van der Waals surface area contributed by atoms with Crippen molar-refractivity contribution in [2.24, 2.45) is 0 Å². The molecule has 0 aromatic heterocycles. The third-order valence-corrected chi connectivity index (χ3v) is 6.84. The van der Waals surface area contributed by atoms with E-state index in [9.17, 15) is 9.59 Å². The number of ether oxygens (including phenoxy) is 1. The van der Waals surface area contributed by atoms with Gasteiger partial charge in [-0.2, -0.15) is 0 Å². The summed E-state index contributed by atoms with van der Waals surface area (Å²) in [6.45, 7) is 0.540. The van der Waals surface area contributed by atoms with Crippen molar-refractivity contribution in [1.82, 2.24) is 10.6 Å². The van der Waals surface area contributed by atoms with E-state index in [0.717, 1.165) is 31.2 Å². The summed E-state index contributed by atoms with van der Waals surface area (Å²) in [4.78, 5) is 25.5. The highest BCUT2D eigenvalue weighted by Gasteiger charge is 2.37. The molecule has 0 radical (unpaired) electrons. The van der Waals surface area contributed by atoms with Gasteiger partial charge in [0.2, 0.25) is 5.91 Å². The number of benzene rings is 3. The molecule has 1 aliphatic carbocycles. The summed E-state index contributed by atoms with van der Waals surface area (Å²) in [6.07, 6.45) is 3.93. The van der Waals surface area contributed by atoms with E-state index < -0.39 is 0 Å². The third kappa shape index (κ3) is 5.66. The van der Waals surface area contributed by atoms with E-state index in [2.05, 4.69) is 22.8 Å². The molecule has 0 heterocycles. The second-order valence-electron chi connectivity index (χ2n) is 9.03. The molecular formula is C29H32N2O3. The van der Waals surface area contributed by atoms with Crippen LogP contribution in [0.5, 0.6) is 5.75 Å². The van der Waals surface area contributed by atoms with Gasteiger partial charge in [0.1, 0.15) is 5.75 Å². The molecule has 3 aromatic rings. The highest BCUT2D eigenvalue weighted by molar-refractivity contribution is 5.97. The Hall–Kier alpha value is -3.60. The largest absolute Gasteiger partial charge is 0.496 e. The molecule has 5 nitrogen and oxygen atoms in total. The average Bonchev–Trinajstić information content (AvgIpc) is 2.89. The Morgan fingerprint density at radius 2 is 1.50 bits per heavy atom. The fraction of sp³-hybridized carbons (Fsp3) is 0.310. The minimum atomic E-state index is -0.167. The normalized spacial score (nSPS) is 19.7. The topological polar surface area (TPSA) is 67.4 Å². The zero-order valence-corrected chi connectivity index (χ0v) is 19.6. The van der Waals surface area contributed by atoms with Gasteiger partial charge < -0.3 is 15.4 Å². The average molecular weight is 457 g/mol. The number of nitrogens with one attached hydrogen (secondary N) is 2. The summed E-state index contributed by atoms with van der Waals surface area (Å²) in [5.41, 5.74) is 2.62. The molecular weight excluding hydrogens is 424 g/mol. The van der Waals surface area contributed by atoms with E-state index in [1.165, 1.54) is 5.56 Å². The highest BCUT2D eigenvalue weighted by Crippen LogP contribution is 2.39. The zero-order valence-electron chi connectivity index (χ0n) is 19.6. The van der Waals surface area contributed by atoms with Crippen LogP contribution < -0.4 is 15.4 Å². The molecule has 1 saturated carbocycles. The lowest BCUT2D eigenvalue weighted by molar-refractivity contribution is -0.121. The Kier molecular flexibility index (Phi) is 7.63. The Morgan fingerprint density at radius 3 is 2.18 bits per heavy atom. The molecule has 2 amide bonds. The number of methoxy groups -OCH3 is 1. The summed E-state index contributed by atoms with van der Waals surface area (Å²) in [5, 5.41) is 6.38. The van der Waals surface area contributed by atoms with E-state index in [0.29, 0.717) is 24.3 Å². The fourth-order valence-corrected chi connectivity index (χ4v) is 4.91. The van der Waals surface area contributed by atoms with Crippen LogP contribution in [0.3, 0.4) is 0 Å². The number of carbonyl (C=O) groups excluding carboxylic acids is 2. The van der Waals surface area contributed by atoms with Gasteiger partial charge in [-0.1, -0.05) is 72.8 Å². The van der Waals surface area contributed by atoms with E-state index in [4.69, 9.17) is 4.74 Å². The van der Waals surface area contributed by atoms with Crippen molar-refractivity contribution in [3.63, 3.8) is 0 Å². The molecule has 34 heavy (non-hydrogen) atoms. The van der Waals surface area contributed by atoms with Gasteiger partial charge in [-0.05, 0) is 48.9 Å². The first-order valence-corrected chi connectivity index (χ1v) is 11.9. The summed E-state index contributed by atoms with van der Waals surface area (Å²) in [5.74, 6) is 0.498. The molecule has 2 N–H and O–H groups in total. The molecule has 0 spiro atoms. The molecule has 4 rings (SSSR count). The molecule has 1 fully saturated rings. The van der Waals surface area contributed by atoms with Crippen molar-refractivity contribution in [2.75, 3.05) is 13.7 Å². The van der Waals surface area contributed by atoms with Crippen LogP contribution in [0.25, 0.3) is 0 Å². The molecule has 0 atom stereocenters. The first-order valence-electron chi connectivity index (χ1n) is 11.9. The van der Waals surface area contributed by atoms with Crippen LogP contribution in [0, 0.1) is 0 Å². The van der Waals surface area contributed by atoms with Gasteiger partial charge in [0, 0.05) is 18.0 Å². The maximum absolute atomic E-state index is 13.0. The van der Waals surface area contributed by atoms with Crippen LogP contribution in [-0.2, 0) is 16.6 Å². The Balaban J connectivity index is 1.41. The van der Waals surface area contributed by atoms with Gasteiger partial charge in [0.15, 0.2) is 0 Å². The standard InChI is InChI=1S/C29H32N2O3/c1-34-26-15-9-8-14-25(26)28(33)30-21-29(23-12-6-3-7-13-23)18-16-24(17-19-29)31-27(32)20-22-10-4-2-5-11-22/h2-15,24H,16-21H2,1H3,(H,30,33)(H,31,32). The third-order valence-electron chi connectivity index (χ3n) is 6.84. The smallest absolute Gasteiger partial charge is 0.255 e. The first kappa shape index (κ1) is 23.6. The summed E-state index contributed by atoms with van der Waals surface area (Å²) >= 11 is 0. The fourth-order valence-electron chi connectivity index (χ4n) is 4.91. The van der Waals surface area contributed by atoms with Crippen LogP contribution >= 0.6 is 0 Å². The molecule has 3 aromatic carbocycles. The summed E-state index contributed by atoms with van der Waals surface area (Å²) in [6, 6.07) is 27.6. The van der Waals surface area contributed by atoms with Crippen molar-refractivity contribution in [3.05, 3.63) is 102 Å². The number of amides is 2. The lowest BCUT2D eigenvalue weighted by atomic mass is 9.68. The van der Waals surface area contributed by atoms with Gasteiger partial charge >= 0.3 is 0 Å². The second kappa shape index (κ2) is 11.0. The Bertz CT molecular complexity index is 1090. The van der Waals surface area contributed by atoms with Gasteiger partial charge in [-0.25, -0.2) is 0 Å². The van der Waals surface area contributed by atoms with Crippen LogP contribution in [0.2, 0.25) is 0 Å². The first-order chi connectivity index (χ1) is 16.6. The highest BCUT2D eigenvalue weighted by atomic mass is 16.5. The molecule has 0 unspecified atom stereocenters. The van der Waals surface area contributed by atoms with Crippen LogP contribution in [-0.4, -0.2) is 31.5 Å². The number of hydrogen-bond acceptors (Lipinski definition) is 3.